The van der Waals surface area contributed by atoms with E-state index >= 15 is 0 Å². The van der Waals surface area contributed by atoms with Crippen molar-refractivity contribution in [3.05, 3.63) is 291 Å². The summed E-state index contributed by atoms with van der Waals surface area (Å²) < 4.78 is 26.4. The van der Waals surface area contributed by atoms with Crippen LogP contribution in [-0.2, 0) is 11.3 Å². The Labute approximate surface area is 590 Å². The van der Waals surface area contributed by atoms with E-state index in [0.29, 0.717) is 49.2 Å². The Morgan fingerprint density at radius 3 is 1.67 bits per heavy atom. The number of halogens is 2. The molecule has 0 unspecified atom stereocenters. The van der Waals surface area contributed by atoms with Crippen LogP contribution in [-0.4, -0.2) is 113 Å². The van der Waals surface area contributed by atoms with Gasteiger partial charge < -0.3 is 58.6 Å². The molecule has 0 amide bonds. The van der Waals surface area contributed by atoms with E-state index < -0.39 is 5.82 Å². The zero-order valence-electron chi connectivity index (χ0n) is 55.6. The van der Waals surface area contributed by atoms with Crippen LogP contribution in [0.4, 0.5) is 44.7 Å². The number of imidazole rings is 4. The molecule has 10 heterocycles. The van der Waals surface area contributed by atoms with Gasteiger partial charge in [-0.1, -0.05) is 115 Å². The fourth-order valence-electron chi connectivity index (χ4n) is 11.7. The van der Waals surface area contributed by atoms with Crippen molar-refractivity contribution in [1.29, 1.82) is 0 Å². The van der Waals surface area contributed by atoms with Crippen LogP contribution in [0.5, 0.6) is 0 Å². The van der Waals surface area contributed by atoms with E-state index in [-0.39, 0.29) is 11.6 Å². The van der Waals surface area contributed by atoms with E-state index in [2.05, 4.69) is 135 Å². The lowest BCUT2D eigenvalue weighted by Gasteiger charge is -2.22. The highest BCUT2D eigenvalue weighted by Gasteiger charge is 2.16. The number of H-pyrrole nitrogens is 1. The van der Waals surface area contributed by atoms with Crippen LogP contribution in [0, 0.1) is 5.82 Å². The Hall–Kier alpha value is -12.9. The number of fused-ring (bicyclic) bond motifs is 6. The van der Waals surface area contributed by atoms with Gasteiger partial charge in [0.05, 0.1) is 41.0 Å². The SMILES string of the molecule is CCN(CCO)c1ccc(Nc2nc(-c3cccc4ccccc34)cn3ccnc23)cc1.COCCNc1nc(-c2ccccc2)cn2ccnc12.Fc1ccc(-c2cn3ccnc3c(Nc3ccc4[nH]ccc4c3)n2)cc1Cl.c1ccc(-c2cn3ccnc3c(NCc3ccncc3)n2)cc1. The second kappa shape index (κ2) is 31.3. The summed E-state index contributed by atoms with van der Waals surface area (Å²) >= 11 is 5.93. The first-order chi connectivity index (χ1) is 50.2. The molecular weight excluding hydrogens is 1300 g/mol. The summed E-state index contributed by atoms with van der Waals surface area (Å²) in [5.74, 6) is 2.40. The minimum absolute atomic E-state index is 0.0625. The maximum atomic E-state index is 13.5. The summed E-state index contributed by atoms with van der Waals surface area (Å²) in [6.45, 7) is 5.68. The number of anilines is 7. The first-order valence-electron chi connectivity index (χ1n) is 33.0. The molecule has 0 fully saturated rings. The maximum absolute atomic E-state index is 13.5. The molecule has 6 N–H and O–H groups in total. The molecule has 23 heteroatoms. The number of aliphatic hydroxyl groups excluding tert-OH is 1. The lowest BCUT2D eigenvalue weighted by molar-refractivity contribution is 0.210. The molecule has 0 atom stereocenters. The van der Waals surface area contributed by atoms with E-state index in [1.165, 1.54) is 16.8 Å². The van der Waals surface area contributed by atoms with E-state index in [0.717, 1.165) is 108 Å². The van der Waals surface area contributed by atoms with Gasteiger partial charge >= 0.3 is 0 Å². The number of nitrogens with zero attached hydrogens (tertiary/aromatic N) is 14. The summed E-state index contributed by atoms with van der Waals surface area (Å²) in [6.07, 6.45) is 28.0. The average molecular weight is 1370 g/mol. The summed E-state index contributed by atoms with van der Waals surface area (Å²) in [4.78, 5) is 46.0. The van der Waals surface area contributed by atoms with Crippen molar-refractivity contribution in [2.45, 2.75) is 13.5 Å². The van der Waals surface area contributed by atoms with Gasteiger partial charge in [0, 0.05) is 176 Å². The molecule has 21 nitrogen and oxygen atoms in total. The Bertz CT molecular complexity index is 5630. The summed E-state index contributed by atoms with van der Waals surface area (Å²) in [5, 5.41) is 26.2. The number of hydrogen-bond acceptors (Lipinski definition) is 16. The van der Waals surface area contributed by atoms with Crippen LogP contribution in [0.15, 0.2) is 275 Å². The van der Waals surface area contributed by atoms with Gasteiger partial charge in [0.1, 0.15) is 5.82 Å². The summed E-state index contributed by atoms with van der Waals surface area (Å²) in [7, 11) is 1.68. The van der Waals surface area contributed by atoms with Crippen LogP contribution in [0.3, 0.4) is 0 Å². The highest BCUT2D eigenvalue weighted by atomic mass is 35.5. The van der Waals surface area contributed by atoms with Crippen LogP contribution < -0.4 is 26.2 Å². The first-order valence-corrected chi connectivity index (χ1v) is 33.4. The average Bonchev–Trinajstić information content (AvgIpc) is 1.42. The molecule has 7 aromatic carbocycles. The second-order valence-corrected chi connectivity index (χ2v) is 23.8. The van der Waals surface area contributed by atoms with E-state index in [4.69, 9.17) is 31.3 Å². The molecule has 0 aliphatic carbocycles. The number of methoxy groups -OCH3 is 1. The minimum atomic E-state index is -0.456. The van der Waals surface area contributed by atoms with Gasteiger partial charge in [-0.2, -0.15) is 0 Å². The number of hydrogen-bond donors (Lipinski definition) is 6. The van der Waals surface area contributed by atoms with Crippen molar-refractivity contribution in [1.82, 2.24) is 67.4 Å². The summed E-state index contributed by atoms with van der Waals surface area (Å²) in [6, 6.07) is 59.6. The van der Waals surface area contributed by atoms with Crippen molar-refractivity contribution in [3.8, 4) is 45.0 Å². The van der Waals surface area contributed by atoms with Crippen LogP contribution in [0.2, 0.25) is 5.02 Å². The Kier molecular flexibility index (Phi) is 20.4. The van der Waals surface area contributed by atoms with Crippen molar-refractivity contribution in [2.24, 2.45) is 0 Å². The van der Waals surface area contributed by atoms with Gasteiger partial charge in [0.15, 0.2) is 45.9 Å². The van der Waals surface area contributed by atoms with Crippen molar-refractivity contribution < 1.29 is 14.2 Å². The van der Waals surface area contributed by atoms with E-state index in [1.54, 1.807) is 56.4 Å². The molecule has 0 radical (unpaired) electrons. The fraction of sp³-hybridized carbons (Fsp3) is 0.101. The highest BCUT2D eigenvalue weighted by molar-refractivity contribution is 6.31. The molecule has 506 valence electrons. The normalized spacial score (nSPS) is 11.1. The Morgan fingerprint density at radius 1 is 0.520 bits per heavy atom. The van der Waals surface area contributed by atoms with Crippen LogP contribution in [0.25, 0.3) is 89.3 Å². The molecule has 0 bridgehead atoms. The van der Waals surface area contributed by atoms with Crippen molar-refractivity contribution in [3.63, 3.8) is 0 Å². The predicted octanol–water partition coefficient (Wildman–Crippen LogP) is 16.4. The van der Waals surface area contributed by atoms with Crippen LogP contribution in [0.1, 0.15) is 12.5 Å². The fourth-order valence-corrected chi connectivity index (χ4v) is 11.9. The monoisotopic (exact) mass is 1370 g/mol. The number of pyridine rings is 1. The minimum Gasteiger partial charge on any atom is -0.395 e. The van der Waals surface area contributed by atoms with Gasteiger partial charge in [-0.05, 0) is 102 Å². The topological polar surface area (TPSA) is 230 Å². The lowest BCUT2D eigenvalue weighted by atomic mass is 10.0. The van der Waals surface area contributed by atoms with E-state index in [1.807, 2.05) is 170 Å². The first kappa shape index (κ1) is 66.3. The number of nitrogens with one attached hydrogen (secondary N) is 5. The van der Waals surface area contributed by atoms with Crippen LogP contribution >= 0.6 is 11.6 Å². The smallest absolute Gasteiger partial charge is 0.180 e. The van der Waals surface area contributed by atoms with Gasteiger partial charge in [0.2, 0.25) is 0 Å². The number of rotatable bonds is 19. The molecule has 0 aliphatic heterocycles. The van der Waals surface area contributed by atoms with Gasteiger partial charge in [-0.25, -0.2) is 44.3 Å². The van der Waals surface area contributed by atoms with Crippen molar-refractivity contribution in [2.75, 3.05) is 66.1 Å². The quantitative estimate of drug-likeness (QED) is 0.0414. The number of aromatic nitrogens is 14. The molecule has 0 aliphatic rings. The third-order valence-electron chi connectivity index (χ3n) is 16.8. The molecule has 17 rings (SSSR count). The van der Waals surface area contributed by atoms with Crippen molar-refractivity contribution >= 4 is 96.2 Å². The largest absolute Gasteiger partial charge is 0.395 e. The van der Waals surface area contributed by atoms with Gasteiger partial charge in [-0.3, -0.25) is 4.98 Å². The van der Waals surface area contributed by atoms with E-state index in [9.17, 15) is 9.50 Å². The summed E-state index contributed by atoms with van der Waals surface area (Å²) in [5.41, 5.74) is 15.6. The number of aliphatic hydroxyl groups is 1. The van der Waals surface area contributed by atoms with Gasteiger partial charge in [0.25, 0.3) is 0 Å². The molecule has 0 saturated carbocycles. The Balaban J connectivity index is 0.000000117. The molecular formula is C79H69ClFN19O2. The predicted molar refractivity (Wildman–Crippen MR) is 404 cm³/mol. The third kappa shape index (κ3) is 15.4. The third-order valence-corrected chi connectivity index (χ3v) is 17.1. The molecule has 0 spiro atoms. The lowest BCUT2D eigenvalue weighted by Crippen LogP contribution is -2.25. The highest BCUT2D eigenvalue weighted by Crippen LogP contribution is 2.33. The molecule has 10 aromatic heterocycles. The number of likely N-dealkylation sites (N-methyl/N-ethyl adjacent to an activating group) is 1. The zero-order chi connectivity index (χ0) is 69.6. The zero-order valence-corrected chi connectivity index (χ0v) is 56.4. The number of ether oxygens (including phenoxy) is 1. The Morgan fingerprint density at radius 2 is 1.06 bits per heavy atom. The standard InChI is InChI=1S/C26H25N5O.C20H13ClFN5.C18H15N5.C15H16N4O/c1-2-30(16-17-32)21-12-10-20(11-13-21)28-25-26-27-14-15-31(26)18-24(29-25)23-9-5-7-19-6-3-4-8-22(19)23;21-15-10-12(1-3-16(15)22)18-11-27-8-7-24-20(27)19(26-18)25-14-2-4-17-13(9-14)5-6-23-17;1-2-4-15(5-3-1)16-13-23-11-10-20-18(23)17(22-16)21-12-14-6-8-19-9-7-14;1-20-10-8-16-14-15-17-7-9-19(15)11-13(18-14)12-5-3-2-4-6-12/h3-15,18,32H,2,16-17H2,1H3,(H,28,29);1-11,23H,(H,25,26);1-11,13H,12H2,(H,21,22);2-7,9,11H,8,10H2,1H3,(H,16,18). The molecule has 102 heavy (non-hydrogen) atoms. The number of aromatic amines is 1. The number of benzene rings is 7. The molecule has 17 aromatic rings. The maximum Gasteiger partial charge on any atom is 0.180 e. The molecule has 0 saturated heterocycles. The van der Waals surface area contributed by atoms with Gasteiger partial charge in [-0.15, -0.1) is 0 Å². The second-order valence-electron chi connectivity index (χ2n) is 23.4.